The predicted molar refractivity (Wildman–Crippen MR) is 118 cm³/mol. The number of benzene rings is 2. The van der Waals surface area contributed by atoms with E-state index in [4.69, 9.17) is 9.47 Å². The second-order valence-electron chi connectivity index (χ2n) is 7.58. The molecule has 1 aliphatic rings. The molecule has 32 heavy (non-hydrogen) atoms. The second-order valence-corrected chi connectivity index (χ2v) is 9.70. The van der Waals surface area contributed by atoms with Gasteiger partial charge in [0.1, 0.15) is 16.5 Å². The fourth-order valence-corrected chi connectivity index (χ4v) is 4.61. The van der Waals surface area contributed by atoms with Gasteiger partial charge in [-0.05, 0) is 35.9 Å². The van der Waals surface area contributed by atoms with Crippen molar-refractivity contribution in [3.8, 4) is 5.75 Å². The third kappa shape index (κ3) is 5.44. The molecule has 1 N–H and O–H groups in total. The molecule has 10 heteroatoms. The van der Waals surface area contributed by atoms with Crippen molar-refractivity contribution in [1.29, 1.82) is 0 Å². The van der Waals surface area contributed by atoms with E-state index in [1.807, 2.05) is 0 Å². The highest BCUT2D eigenvalue weighted by molar-refractivity contribution is 7.89. The maximum absolute atomic E-state index is 13.4. The summed E-state index contributed by atoms with van der Waals surface area (Å²) < 4.78 is 50.4. The molecule has 2 aromatic rings. The van der Waals surface area contributed by atoms with Crippen LogP contribution in [0.1, 0.15) is 22.0 Å². The quantitative estimate of drug-likeness (QED) is 0.641. The number of halogens is 1. The van der Waals surface area contributed by atoms with Gasteiger partial charge in [0, 0.05) is 39.3 Å². The van der Waals surface area contributed by atoms with Gasteiger partial charge in [-0.1, -0.05) is 12.1 Å². The molecule has 174 valence electrons. The highest BCUT2D eigenvalue weighted by Gasteiger charge is 2.26. The van der Waals surface area contributed by atoms with Gasteiger partial charge in [0.25, 0.3) is 5.91 Å². The van der Waals surface area contributed by atoms with Crippen molar-refractivity contribution < 1.29 is 27.1 Å². The molecular weight excluding hydrogens is 437 g/mol. The lowest BCUT2D eigenvalue weighted by molar-refractivity contribution is 0.0162. The van der Waals surface area contributed by atoms with Gasteiger partial charge in [0.05, 0.1) is 26.4 Å². The molecule has 0 spiro atoms. The zero-order valence-electron chi connectivity index (χ0n) is 18.4. The molecule has 0 aromatic heterocycles. The Morgan fingerprint density at radius 1 is 1.19 bits per heavy atom. The van der Waals surface area contributed by atoms with Crippen LogP contribution in [-0.4, -0.2) is 77.6 Å². The summed E-state index contributed by atoms with van der Waals surface area (Å²) in [6, 6.07) is 10.3. The number of rotatable bonds is 8. The Kier molecular flexibility index (Phi) is 7.83. The number of carbonyl (C=O) groups excluding carboxylic acids is 1. The SMILES string of the molecule is COc1ccc(C(=O)NC[C@@H](c2ccc(F)cc2)N2CCOCC2)cc1S(=O)(=O)N(C)C. The number of hydrogen-bond donors (Lipinski definition) is 1. The molecule has 8 nitrogen and oxygen atoms in total. The monoisotopic (exact) mass is 465 g/mol. The largest absolute Gasteiger partial charge is 0.495 e. The normalized spacial score (nSPS) is 16.0. The molecule has 0 bridgehead atoms. The number of sulfonamides is 1. The Balaban J connectivity index is 1.82. The van der Waals surface area contributed by atoms with E-state index < -0.39 is 15.9 Å². The van der Waals surface area contributed by atoms with Crippen LogP contribution in [0.3, 0.4) is 0 Å². The van der Waals surface area contributed by atoms with E-state index in [1.165, 1.54) is 51.5 Å². The molecule has 0 saturated carbocycles. The standard InChI is InChI=1S/C22H28FN3O5S/c1-25(2)32(28,29)21-14-17(6-9-20(21)30-3)22(27)24-15-19(26-10-12-31-13-11-26)16-4-7-18(23)8-5-16/h4-9,14,19H,10-13,15H2,1-3H3,(H,24,27)/t19-/m0/s1. The molecule has 1 heterocycles. The van der Waals surface area contributed by atoms with Crippen molar-refractivity contribution in [2.24, 2.45) is 0 Å². The summed E-state index contributed by atoms with van der Waals surface area (Å²) in [5, 5.41) is 2.89. The number of nitrogens with zero attached hydrogens (tertiary/aromatic N) is 2. The van der Waals surface area contributed by atoms with Crippen molar-refractivity contribution in [2.45, 2.75) is 10.9 Å². The summed E-state index contributed by atoms with van der Waals surface area (Å²) in [6.45, 7) is 2.80. The molecule has 0 radical (unpaired) electrons. The van der Waals surface area contributed by atoms with E-state index in [0.717, 1.165) is 9.87 Å². The van der Waals surface area contributed by atoms with Crippen LogP contribution in [0.25, 0.3) is 0 Å². The first-order valence-corrected chi connectivity index (χ1v) is 11.6. The summed E-state index contributed by atoms with van der Waals surface area (Å²) >= 11 is 0. The van der Waals surface area contributed by atoms with Crippen LogP contribution in [0.15, 0.2) is 47.4 Å². The van der Waals surface area contributed by atoms with Gasteiger partial charge >= 0.3 is 0 Å². The first kappa shape index (κ1) is 24.1. The summed E-state index contributed by atoms with van der Waals surface area (Å²) in [4.78, 5) is 15.0. The minimum absolute atomic E-state index is 0.0825. The first-order chi connectivity index (χ1) is 15.2. The third-order valence-corrected chi connectivity index (χ3v) is 7.22. The predicted octanol–water partition coefficient (Wildman–Crippen LogP) is 1.89. The van der Waals surface area contributed by atoms with Gasteiger partial charge in [-0.2, -0.15) is 0 Å². The number of nitrogens with one attached hydrogen (secondary N) is 1. The van der Waals surface area contributed by atoms with Crippen molar-refractivity contribution in [3.63, 3.8) is 0 Å². The van der Waals surface area contributed by atoms with Gasteiger partial charge in [0.15, 0.2) is 0 Å². The summed E-state index contributed by atoms with van der Waals surface area (Å²) in [7, 11) is 0.402. The number of carbonyl (C=O) groups is 1. The Morgan fingerprint density at radius 2 is 1.84 bits per heavy atom. The summed E-state index contributed by atoms with van der Waals surface area (Å²) in [5.41, 5.74) is 1.07. The van der Waals surface area contributed by atoms with E-state index in [-0.39, 0.29) is 34.6 Å². The van der Waals surface area contributed by atoms with E-state index in [1.54, 1.807) is 12.1 Å². The lowest BCUT2D eigenvalue weighted by Gasteiger charge is -2.35. The Morgan fingerprint density at radius 3 is 2.44 bits per heavy atom. The molecule has 1 saturated heterocycles. The van der Waals surface area contributed by atoms with Crippen molar-refractivity contribution in [2.75, 3.05) is 54.1 Å². The number of morpholine rings is 1. The van der Waals surface area contributed by atoms with Gasteiger partial charge in [-0.3, -0.25) is 9.69 Å². The van der Waals surface area contributed by atoms with Gasteiger partial charge in [-0.15, -0.1) is 0 Å². The molecule has 1 amide bonds. The van der Waals surface area contributed by atoms with Crippen molar-refractivity contribution >= 4 is 15.9 Å². The average Bonchev–Trinajstić information content (AvgIpc) is 2.80. The second kappa shape index (κ2) is 10.4. The Bertz CT molecular complexity index is 1040. The molecule has 1 atom stereocenters. The maximum Gasteiger partial charge on any atom is 0.251 e. The van der Waals surface area contributed by atoms with Crippen LogP contribution in [0.2, 0.25) is 0 Å². The topological polar surface area (TPSA) is 88.2 Å². The van der Waals surface area contributed by atoms with Crippen LogP contribution in [-0.2, 0) is 14.8 Å². The van der Waals surface area contributed by atoms with Gasteiger partial charge < -0.3 is 14.8 Å². The number of hydrogen-bond acceptors (Lipinski definition) is 6. The van der Waals surface area contributed by atoms with E-state index >= 15 is 0 Å². The number of methoxy groups -OCH3 is 1. The number of amides is 1. The fraction of sp³-hybridized carbons (Fsp3) is 0.409. The van der Waals surface area contributed by atoms with Crippen molar-refractivity contribution in [1.82, 2.24) is 14.5 Å². The Labute approximate surface area is 188 Å². The lowest BCUT2D eigenvalue weighted by Crippen LogP contribution is -2.43. The van der Waals surface area contributed by atoms with Crippen LogP contribution >= 0.6 is 0 Å². The van der Waals surface area contributed by atoms with Crippen LogP contribution < -0.4 is 10.1 Å². The minimum Gasteiger partial charge on any atom is -0.495 e. The average molecular weight is 466 g/mol. The zero-order valence-corrected chi connectivity index (χ0v) is 19.2. The molecule has 1 fully saturated rings. The van der Waals surface area contributed by atoms with Crippen molar-refractivity contribution in [3.05, 3.63) is 59.4 Å². The maximum atomic E-state index is 13.4. The third-order valence-electron chi connectivity index (χ3n) is 5.38. The summed E-state index contributed by atoms with van der Waals surface area (Å²) in [5.74, 6) is -0.581. The van der Waals surface area contributed by atoms with E-state index in [0.29, 0.717) is 26.3 Å². The van der Waals surface area contributed by atoms with Crippen LogP contribution in [0.5, 0.6) is 5.75 Å². The molecule has 1 aliphatic heterocycles. The molecular formula is C22H28FN3O5S. The fourth-order valence-electron chi connectivity index (χ4n) is 3.54. The van der Waals surface area contributed by atoms with E-state index in [9.17, 15) is 17.6 Å². The highest BCUT2D eigenvalue weighted by Crippen LogP contribution is 2.27. The van der Waals surface area contributed by atoms with Crippen LogP contribution in [0.4, 0.5) is 4.39 Å². The molecule has 0 aliphatic carbocycles. The molecule has 2 aromatic carbocycles. The zero-order chi connectivity index (χ0) is 23.3. The number of ether oxygens (including phenoxy) is 2. The smallest absolute Gasteiger partial charge is 0.251 e. The lowest BCUT2D eigenvalue weighted by atomic mass is 10.0. The highest BCUT2D eigenvalue weighted by atomic mass is 32.2. The Hall–Kier alpha value is -2.53. The molecule has 3 rings (SSSR count). The van der Waals surface area contributed by atoms with E-state index in [2.05, 4.69) is 10.2 Å². The first-order valence-electron chi connectivity index (χ1n) is 10.2. The van der Waals surface area contributed by atoms with Crippen LogP contribution in [0, 0.1) is 5.82 Å². The summed E-state index contributed by atoms with van der Waals surface area (Å²) in [6.07, 6.45) is 0. The molecule has 0 unspecified atom stereocenters. The van der Waals surface area contributed by atoms with Gasteiger partial charge in [-0.25, -0.2) is 17.1 Å². The minimum atomic E-state index is -3.80. The van der Waals surface area contributed by atoms with Gasteiger partial charge in [0.2, 0.25) is 10.0 Å².